The molecule has 3 aliphatic heterocycles. The van der Waals surface area contributed by atoms with E-state index >= 15 is 0 Å². The van der Waals surface area contributed by atoms with E-state index in [-0.39, 0.29) is 6.04 Å². The summed E-state index contributed by atoms with van der Waals surface area (Å²) in [6.45, 7) is 2.15. The molecule has 3 unspecified atom stereocenters. The number of rotatable bonds is 5. The zero-order valence-electron chi connectivity index (χ0n) is 19.6. The Hall–Kier alpha value is -2.41. The number of aromatic nitrogens is 2. The van der Waals surface area contributed by atoms with Crippen molar-refractivity contribution in [3.05, 3.63) is 59.4 Å². The van der Waals surface area contributed by atoms with E-state index in [4.69, 9.17) is 9.72 Å². The van der Waals surface area contributed by atoms with Gasteiger partial charge >= 0.3 is 0 Å². The van der Waals surface area contributed by atoms with Gasteiger partial charge in [-0.05, 0) is 63.1 Å². The Balaban J connectivity index is 1.49. The zero-order chi connectivity index (χ0) is 22.5. The van der Waals surface area contributed by atoms with Crippen LogP contribution in [0.1, 0.15) is 62.0 Å². The number of benzene rings is 2. The molecule has 2 bridgehead atoms. The normalized spacial score (nSPS) is 27.7. The number of nitrogens with one attached hydrogen (secondary N) is 1. The van der Waals surface area contributed by atoms with Crippen molar-refractivity contribution in [3.63, 3.8) is 0 Å². The number of nitrogens with zero attached hydrogens (tertiary/aromatic N) is 3. The summed E-state index contributed by atoms with van der Waals surface area (Å²) in [4.78, 5) is 7.30. The summed E-state index contributed by atoms with van der Waals surface area (Å²) in [5.41, 5.74) is 5.94. The van der Waals surface area contributed by atoms with Gasteiger partial charge in [-0.3, -0.25) is 0 Å². The first-order valence-corrected chi connectivity index (χ1v) is 12.4. The number of anilines is 1. The molecular formula is C27H34N4O2. The van der Waals surface area contributed by atoms with Crippen LogP contribution < -0.4 is 10.2 Å². The van der Waals surface area contributed by atoms with E-state index in [0.29, 0.717) is 18.1 Å². The van der Waals surface area contributed by atoms with E-state index in [9.17, 15) is 5.11 Å². The van der Waals surface area contributed by atoms with Crippen molar-refractivity contribution in [3.8, 4) is 0 Å². The van der Waals surface area contributed by atoms with Gasteiger partial charge in [-0.2, -0.15) is 0 Å². The number of aliphatic hydroxyl groups is 1. The molecule has 174 valence electrons. The summed E-state index contributed by atoms with van der Waals surface area (Å²) in [6.07, 6.45) is 6.77. The van der Waals surface area contributed by atoms with Gasteiger partial charge in [0.2, 0.25) is 6.41 Å². The van der Waals surface area contributed by atoms with E-state index in [1.165, 1.54) is 42.3 Å². The second kappa shape index (κ2) is 8.42. The summed E-state index contributed by atoms with van der Waals surface area (Å²) in [6, 6.07) is 17.0. The van der Waals surface area contributed by atoms with Crippen LogP contribution in [0.2, 0.25) is 0 Å². The van der Waals surface area contributed by atoms with E-state index in [1.807, 2.05) is 4.90 Å². The molecule has 0 spiro atoms. The van der Waals surface area contributed by atoms with Gasteiger partial charge < -0.3 is 24.6 Å². The van der Waals surface area contributed by atoms with Gasteiger partial charge in [-0.1, -0.05) is 30.3 Å². The molecule has 0 aliphatic carbocycles. The molecule has 6 heteroatoms. The summed E-state index contributed by atoms with van der Waals surface area (Å²) in [5, 5.41) is 14.4. The highest BCUT2D eigenvalue weighted by Gasteiger charge is 2.37. The van der Waals surface area contributed by atoms with Crippen molar-refractivity contribution in [2.45, 2.75) is 82.5 Å². The van der Waals surface area contributed by atoms with Gasteiger partial charge in [0.15, 0.2) is 0 Å². The molecule has 33 heavy (non-hydrogen) atoms. The fourth-order valence-electron chi connectivity index (χ4n) is 6.47. The van der Waals surface area contributed by atoms with Crippen molar-refractivity contribution in [1.82, 2.24) is 14.9 Å². The van der Waals surface area contributed by atoms with Crippen molar-refractivity contribution in [1.29, 1.82) is 0 Å². The summed E-state index contributed by atoms with van der Waals surface area (Å²) < 4.78 is 7.87. The van der Waals surface area contributed by atoms with Crippen molar-refractivity contribution in [2.75, 3.05) is 12.0 Å². The molecule has 0 radical (unpaired) electrons. The zero-order valence-corrected chi connectivity index (χ0v) is 19.6. The number of aliphatic hydroxyl groups excluding tert-OH is 1. The second-order valence-electron chi connectivity index (χ2n) is 10.1. The minimum absolute atomic E-state index is 0.218. The highest BCUT2D eigenvalue weighted by Crippen LogP contribution is 2.41. The van der Waals surface area contributed by atoms with Gasteiger partial charge in [0.05, 0.1) is 11.0 Å². The first-order chi connectivity index (χ1) is 16.1. The average Bonchev–Trinajstić information content (AvgIpc) is 3.37. The molecule has 4 atom stereocenters. The van der Waals surface area contributed by atoms with Crippen LogP contribution in [0.15, 0.2) is 42.5 Å². The minimum atomic E-state index is -0.942. The smallest absolute Gasteiger partial charge is 0.237 e. The molecule has 2 saturated heterocycles. The third-order valence-electron chi connectivity index (χ3n) is 8.05. The van der Waals surface area contributed by atoms with Gasteiger partial charge in [-0.25, -0.2) is 4.98 Å². The molecular weight excluding hydrogens is 412 g/mol. The van der Waals surface area contributed by atoms with Crippen LogP contribution in [0.5, 0.6) is 0 Å². The Morgan fingerprint density at radius 3 is 2.58 bits per heavy atom. The van der Waals surface area contributed by atoms with Crippen LogP contribution in [0.3, 0.4) is 0 Å². The number of piperidine rings is 1. The van der Waals surface area contributed by atoms with Crippen LogP contribution in [-0.4, -0.2) is 46.3 Å². The largest absolute Gasteiger partial charge is 0.351 e. The maximum absolute atomic E-state index is 10.6. The lowest BCUT2D eigenvalue weighted by Crippen LogP contribution is -2.45. The minimum Gasteiger partial charge on any atom is -0.351 e. The predicted molar refractivity (Wildman–Crippen MR) is 130 cm³/mol. The van der Waals surface area contributed by atoms with Crippen molar-refractivity contribution >= 4 is 16.7 Å². The quantitative estimate of drug-likeness (QED) is 0.577. The Morgan fingerprint density at radius 1 is 1.09 bits per heavy atom. The number of imidazole rings is 1. The van der Waals surface area contributed by atoms with E-state index in [1.54, 1.807) is 7.11 Å². The van der Waals surface area contributed by atoms with Crippen LogP contribution in [-0.2, 0) is 17.6 Å². The Morgan fingerprint density at radius 2 is 1.85 bits per heavy atom. The maximum atomic E-state index is 10.6. The highest BCUT2D eigenvalue weighted by molar-refractivity contribution is 5.86. The van der Waals surface area contributed by atoms with E-state index < -0.39 is 6.41 Å². The molecule has 3 aromatic rings. The fourth-order valence-corrected chi connectivity index (χ4v) is 6.47. The van der Waals surface area contributed by atoms with Crippen molar-refractivity contribution in [2.24, 2.45) is 0 Å². The van der Waals surface area contributed by atoms with E-state index in [2.05, 4.69) is 59.3 Å². The maximum Gasteiger partial charge on any atom is 0.237 e. The third-order valence-corrected chi connectivity index (χ3v) is 8.05. The Labute approximate surface area is 195 Å². The summed E-state index contributed by atoms with van der Waals surface area (Å²) >= 11 is 0. The number of fused-ring (bicyclic) bond motifs is 5. The number of hydrogen-bond donors (Lipinski definition) is 2. The topological polar surface area (TPSA) is 62.6 Å². The molecule has 0 amide bonds. The molecule has 3 aliphatic rings. The molecule has 4 heterocycles. The number of ether oxygens (including phenoxy) is 1. The average molecular weight is 447 g/mol. The number of methoxy groups -OCH3 is 1. The van der Waals surface area contributed by atoms with Gasteiger partial charge in [-0.15, -0.1) is 0 Å². The summed E-state index contributed by atoms with van der Waals surface area (Å²) in [7, 11) is 1.56. The molecule has 2 N–H and O–H groups in total. The lowest BCUT2D eigenvalue weighted by molar-refractivity contribution is -0.0794. The molecule has 6 rings (SSSR count). The first-order valence-electron chi connectivity index (χ1n) is 12.4. The Kier molecular flexibility index (Phi) is 5.40. The van der Waals surface area contributed by atoms with Crippen LogP contribution >= 0.6 is 0 Å². The lowest BCUT2D eigenvalue weighted by atomic mass is 9.95. The van der Waals surface area contributed by atoms with Gasteiger partial charge in [0, 0.05) is 48.9 Å². The monoisotopic (exact) mass is 446 g/mol. The second-order valence-corrected chi connectivity index (χ2v) is 10.1. The summed E-state index contributed by atoms with van der Waals surface area (Å²) in [5.74, 6) is 1.16. The molecule has 2 fully saturated rings. The molecule has 6 nitrogen and oxygen atoms in total. The van der Waals surface area contributed by atoms with Crippen LogP contribution in [0.25, 0.3) is 11.0 Å². The van der Waals surface area contributed by atoms with Crippen LogP contribution in [0, 0.1) is 0 Å². The van der Waals surface area contributed by atoms with Gasteiger partial charge in [0.1, 0.15) is 5.82 Å². The fraction of sp³-hybridized carbons (Fsp3) is 0.519. The molecule has 0 saturated carbocycles. The lowest BCUT2D eigenvalue weighted by Gasteiger charge is -2.39. The highest BCUT2D eigenvalue weighted by atomic mass is 16.6. The Bertz CT molecular complexity index is 1130. The third kappa shape index (κ3) is 3.65. The van der Waals surface area contributed by atoms with Gasteiger partial charge in [0.25, 0.3) is 0 Å². The molecule has 2 aromatic carbocycles. The standard InChI is InChI=1S/C27H34N4O2/c1-17-8-11-22-23(30(17)27(32)33-2)12-13-24-26(22)29-25(14-18-6-4-3-5-7-18)31(24)21-15-19-9-10-20(16-21)28-19/h3-7,12-13,17,19-21,27-28,32H,8-11,14-16H2,1-2H3/t17-,19?,20?,21?,27?/m0/s1. The first kappa shape index (κ1) is 21.1. The molecule has 1 aromatic heterocycles. The predicted octanol–water partition coefficient (Wildman–Crippen LogP) is 4.15. The van der Waals surface area contributed by atoms with Crippen molar-refractivity contribution < 1.29 is 9.84 Å². The number of aryl methyl sites for hydroxylation is 1. The van der Waals surface area contributed by atoms with E-state index in [0.717, 1.165) is 36.3 Å². The van der Waals surface area contributed by atoms with Crippen LogP contribution in [0.4, 0.5) is 5.69 Å². The number of hydrogen-bond acceptors (Lipinski definition) is 5. The SMILES string of the molecule is COC(O)N1c2ccc3c(nc(Cc4ccccc4)n3C3CC4CCC(C3)N4)c2CC[C@@H]1C.